The molecule has 2 rings (SSSR count). The molecule has 0 fully saturated rings. The molecule has 0 saturated carbocycles. The number of hydrogen-bond donors (Lipinski definition) is 1. The second kappa shape index (κ2) is 6.02. The molecule has 0 heterocycles. The first-order chi connectivity index (χ1) is 9.58. The molecule has 102 valence electrons. The minimum atomic E-state index is -1.07. The van der Waals surface area contributed by atoms with E-state index in [-0.39, 0.29) is 0 Å². The molecule has 2 aromatic carbocycles. The van der Waals surface area contributed by atoms with Gasteiger partial charge in [-0.2, -0.15) is 5.12 Å². The third-order valence-corrected chi connectivity index (χ3v) is 2.78. The molecule has 2 aromatic rings. The standard InChI is InChI=1S/C16H14FNO2/c1-12-7-9-15(13(11-12)8-10-16(19)20)18(17)14-5-3-2-4-6-14/h2-11H,1H3,(H,19,20). The lowest BCUT2D eigenvalue weighted by Crippen LogP contribution is -2.05. The number of para-hydroxylation sites is 1. The summed E-state index contributed by atoms with van der Waals surface area (Å²) in [4.78, 5) is 10.6. The second-order valence-electron chi connectivity index (χ2n) is 4.35. The molecule has 0 saturated heterocycles. The van der Waals surface area contributed by atoms with Crippen molar-refractivity contribution in [3.8, 4) is 0 Å². The lowest BCUT2D eigenvalue weighted by molar-refractivity contribution is -0.131. The summed E-state index contributed by atoms with van der Waals surface area (Å²) in [6, 6.07) is 13.7. The molecule has 0 aliphatic heterocycles. The van der Waals surface area contributed by atoms with Crippen molar-refractivity contribution in [1.29, 1.82) is 0 Å². The minimum Gasteiger partial charge on any atom is -0.478 e. The first kappa shape index (κ1) is 13.8. The van der Waals surface area contributed by atoms with Crippen LogP contribution in [0.25, 0.3) is 6.08 Å². The largest absolute Gasteiger partial charge is 0.478 e. The molecule has 0 atom stereocenters. The normalized spacial score (nSPS) is 10.7. The maximum atomic E-state index is 14.4. The molecule has 0 spiro atoms. The fraction of sp³-hybridized carbons (Fsp3) is 0.0625. The molecular formula is C16H14FNO2. The van der Waals surface area contributed by atoms with Gasteiger partial charge >= 0.3 is 5.97 Å². The fourth-order valence-electron chi connectivity index (χ4n) is 1.85. The summed E-state index contributed by atoms with van der Waals surface area (Å²) in [5.41, 5.74) is 2.14. The van der Waals surface area contributed by atoms with Gasteiger partial charge in [-0.3, -0.25) is 0 Å². The molecule has 0 radical (unpaired) electrons. The number of carbonyl (C=O) groups is 1. The van der Waals surface area contributed by atoms with Gasteiger partial charge in [-0.1, -0.05) is 34.3 Å². The van der Waals surface area contributed by atoms with Gasteiger partial charge in [-0.25, -0.2) is 4.79 Å². The van der Waals surface area contributed by atoms with E-state index in [1.54, 1.807) is 48.5 Å². The third kappa shape index (κ3) is 3.23. The van der Waals surface area contributed by atoms with E-state index in [2.05, 4.69) is 0 Å². The Bertz CT molecular complexity index is 638. The van der Waals surface area contributed by atoms with E-state index in [9.17, 15) is 9.28 Å². The molecule has 3 nitrogen and oxygen atoms in total. The molecule has 20 heavy (non-hydrogen) atoms. The SMILES string of the molecule is Cc1ccc(N(F)c2ccccc2)c(C=CC(=O)O)c1. The highest BCUT2D eigenvalue weighted by Gasteiger charge is 2.11. The lowest BCUT2D eigenvalue weighted by Gasteiger charge is -2.16. The van der Waals surface area contributed by atoms with Crippen LogP contribution in [-0.4, -0.2) is 11.1 Å². The van der Waals surface area contributed by atoms with Crippen molar-refractivity contribution in [1.82, 2.24) is 0 Å². The van der Waals surface area contributed by atoms with E-state index in [1.807, 2.05) is 6.92 Å². The van der Waals surface area contributed by atoms with Gasteiger partial charge in [0.15, 0.2) is 0 Å². The zero-order valence-electron chi connectivity index (χ0n) is 11.0. The van der Waals surface area contributed by atoms with Gasteiger partial charge in [-0.05, 0) is 37.3 Å². The van der Waals surface area contributed by atoms with Crippen LogP contribution in [0.4, 0.5) is 15.9 Å². The number of carboxylic acids is 1. The van der Waals surface area contributed by atoms with Crippen LogP contribution in [0, 0.1) is 6.92 Å². The number of halogens is 1. The van der Waals surface area contributed by atoms with Crippen LogP contribution in [0.2, 0.25) is 0 Å². The van der Waals surface area contributed by atoms with Crippen molar-refractivity contribution < 1.29 is 14.4 Å². The van der Waals surface area contributed by atoms with Gasteiger partial charge in [0.2, 0.25) is 0 Å². The van der Waals surface area contributed by atoms with Crippen molar-refractivity contribution in [2.75, 3.05) is 5.12 Å². The van der Waals surface area contributed by atoms with Crippen LogP contribution in [0.3, 0.4) is 0 Å². The predicted molar refractivity (Wildman–Crippen MR) is 77.5 cm³/mol. The van der Waals surface area contributed by atoms with Gasteiger partial charge in [-0.15, -0.1) is 0 Å². The number of nitrogens with zero attached hydrogens (tertiary/aromatic N) is 1. The molecule has 0 aliphatic rings. The summed E-state index contributed by atoms with van der Waals surface area (Å²) < 4.78 is 14.4. The van der Waals surface area contributed by atoms with E-state index in [0.717, 1.165) is 11.6 Å². The van der Waals surface area contributed by atoms with E-state index in [1.165, 1.54) is 6.08 Å². The second-order valence-corrected chi connectivity index (χ2v) is 4.35. The summed E-state index contributed by atoms with van der Waals surface area (Å²) >= 11 is 0. The first-order valence-corrected chi connectivity index (χ1v) is 6.10. The maximum Gasteiger partial charge on any atom is 0.328 e. The molecule has 0 aromatic heterocycles. The van der Waals surface area contributed by atoms with Crippen molar-refractivity contribution >= 4 is 23.4 Å². The third-order valence-electron chi connectivity index (χ3n) is 2.78. The van der Waals surface area contributed by atoms with Crippen LogP contribution in [0.15, 0.2) is 54.6 Å². The zero-order chi connectivity index (χ0) is 14.5. The van der Waals surface area contributed by atoms with E-state index in [4.69, 9.17) is 5.11 Å². The van der Waals surface area contributed by atoms with Crippen molar-refractivity contribution in [3.63, 3.8) is 0 Å². The lowest BCUT2D eigenvalue weighted by atomic mass is 10.1. The number of benzene rings is 2. The minimum absolute atomic E-state index is 0.305. The van der Waals surface area contributed by atoms with Gasteiger partial charge in [0.1, 0.15) is 0 Å². The Morgan fingerprint density at radius 2 is 1.90 bits per heavy atom. The number of carboxylic acid groups (broad SMARTS) is 1. The van der Waals surface area contributed by atoms with Gasteiger partial charge < -0.3 is 5.11 Å². The summed E-state index contributed by atoms with van der Waals surface area (Å²) in [6.07, 6.45) is 2.39. The monoisotopic (exact) mass is 271 g/mol. The van der Waals surface area contributed by atoms with Crippen molar-refractivity contribution in [3.05, 3.63) is 65.7 Å². The highest BCUT2D eigenvalue weighted by Crippen LogP contribution is 2.30. The fourth-order valence-corrected chi connectivity index (χ4v) is 1.85. The van der Waals surface area contributed by atoms with Crippen LogP contribution in [-0.2, 0) is 4.79 Å². The number of anilines is 2. The average molecular weight is 271 g/mol. The van der Waals surface area contributed by atoms with E-state index >= 15 is 0 Å². The summed E-state index contributed by atoms with van der Waals surface area (Å²) in [5.74, 6) is -1.07. The van der Waals surface area contributed by atoms with E-state index in [0.29, 0.717) is 22.1 Å². The average Bonchev–Trinajstić information content (AvgIpc) is 2.45. The highest BCUT2D eigenvalue weighted by molar-refractivity contribution is 5.87. The number of aliphatic carboxylic acids is 1. The van der Waals surface area contributed by atoms with Crippen molar-refractivity contribution in [2.45, 2.75) is 6.92 Å². The number of rotatable bonds is 4. The summed E-state index contributed by atoms with van der Waals surface area (Å²) in [5, 5.41) is 9.24. The highest BCUT2D eigenvalue weighted by atomic mass is 19.2. The summed E-state index contributed by atoms with van der Waals surface area (Å²) in [6.45, 7) is 1.87. The Morgan fingerprint density at radius 3 is 2.55 bits per heavy atom. The Morgan fingerprint density at radius 1 is 1.20 bits per heavy atom. The van der Waals surface area contributed by atoms with Crippen LogP contribution >= 0.6 is 0 Å². The topological polar surface area (TPSA) is 40.5 Å². The maximum absolute atomic E-state index is 14.4. The van der Waals surface area contributed by atoms with Crippen LogP contribution in [0.5, 0.6) is 0 Å². The van der Waals surface area contributed by atoms with Gasteiger partial charge in [0.05, 0.1) is 11.4 Å². The Labute approximate surface area is 116 Å². The van der Waals surface area contributed by atoms with Crippen LogP contribution < -0.4 is 5.12 Å². The van der Waals surface area contributed by atoms with Crippen molar-refractivity contribution in [2.24, 2.45) is 0 Å². The van der Waals surface area contributed by atoms with Gasteiger partial charge in [0, 0.05) is 11.6 Å². The summed E-state index contributed by atoms with van der Waals surface area (Å²) in [7, 11) is 0. The van der Waals surface area contributed by atoms with Gasteiger partial charge in [0.25, 0.3) is 0 Å². The molecule has 1 N–H and O–H groups in total. The number of hydrogen-bond acceptors (Lipinski definition) is 2. The van der Waals surface area contributed by atoms with Crippen LogP contribution in [0.1, 0.15) is 11.1 Å². The smallest absolute Gasteiger partial charge is 0.328 e. The zero-order valence-corrected chi connectivity index (χ0v) is 11.0. The first-order valence-electron chi connectivity index (χ1n) is 6.10. The quantitative estimate of drug-likeness (QED) is 0.672. The molecule has 0 unspecified atom stereocenters. The predicted octanol–water partition coefficient (Wildman–Crippen LogP) is 4.12. The Kier molecular flexibility index (Phi) is 4.15. The Hall–Kier alpha value is -2.62. The van der Waals surface area contributed by atoms with E-state index < -0.39 is 5.97 Å². The molecule has 0 bridgehead atoms. The molecule has 0 aliphatic carbocycles. The molecule has 4 heteroatoms. The number of aryl methyl sites for hydroxylation is 1. The Balaban J connectivity index is 2.43. The molecular weight excluding hydrogens is 257 g/mol. The molecule has 0 amide bonds.